The maximum Gasteiger partial charge on any atom is 0.315 e. The molecule has 0 bridgehead atoms. The number of alkyl halides is 1. The van der Waals surface area contributed by atoms with E-state index in [1.165, 1.54) is 5.56 Å². The molecule has 7 heteroatoms. The quantitative estimate of drug-likeness (QED) is 0.671. The number of aryl methyl sites for hydroxylation is 1. The molecule has 1 aliphatic heterocycles. The number of anilines is 1. The predicted octanol–water partition coefficient (Wildman–Crippen LogP) is 3.51. The first kappa shape index (κ1) is 18.8. The SMILES string of the molecule is O=C(NCCc1ccc2c(n1)NCCC2)NCC1=CC=C(Cl)C(Cl)C=C1. The molecule has 0 radical (unpaired) electrons. The highest BCUT2D eigenvalue weighted by Gasteiger charge is 2.11. The predicted molar refractivity (Wildman–Crippen MR) is 107 cm³/mol. The Hall–Kier alpha value is -1.98. The van der Waals surface area contributed by atoms with Gasteiger partial charge in [-0.2, -0.15) is 0 Å². The van der Waals surface area contributed by atoms with E-state index in [0.717, 1.165) is 36.5 Å². The third-order valence-electron chi connectivity index (χ3n) is 4.27. The van der Waals surface area contributed by atoms with Crippen molar-refractivity contribution < 1.29 is 4.79 Å². The Morgan fingerprint density at radius 1 is 1.31 bits per heavy atom. The van der Waals surface area contributed by atoms with Crippen molar-refractivity contribution in [3.8, 4) is 0 Å². The monoisotopic (exact) mass is 392 g/mol. The summed E-state index contributed by atoms with van der Waals surface area (Å²) in [6, 6.07) is 3.94. The molecule has 1 aliphatic carbocycles. The smallest absolute Gasteiger partial charge is 0.315 e. The molecule has 3 N–H and O–H groups in total. The minimum absolute atomic E-state index is 0.211. The van der Waals surface area contributed by atoms with Gasteiger partial charge in [0, 0.05) is 36.8 Å². The van der Waals surface area contributed by atoms with Crippen LogP contribution in [-0.2, 0) is 12.8 Å². The van der Waals surface area contributed by atoms with Crippen LogP contribution in [0.1, 0.15) is 17.7 Å². The molecule has 138 valence electrons. The molecule has 0 saturated heterocycles. The Bertz CT molecular complexity index is 758. The van der Waals surface area contributed by atoms with E-state index < -0.39 is 0 Å². The maximum absolute atomic E-state index is 11.9. The Balaban J connectivity index is 1.41. The number of halogens is 2. The number of nitrogens with zero attached hydrogens (tertiary/aromatic N) is 1. The van der Waals surface area contributed by atoms with Crippen molar-refractivity contribution in [1.29, 1.82) is 0 Å². The van der Waals surface area contributed by atoms with Gasteiger partial charge in [0.1, 0.15) is 5.82 Å². The van der Waals surface area contributed by atoms with Gasteiger partial charge in [-0.05, 0) is 36.1 Å². The molecule has 5 nitrogen and oxygen atoms in total. The van der Waals surface area contributed by atoms with Crippen molar-refractivity contribution in [2.24, 2.45) is 0 Å². The molecule has 1 aromatic heterocycles. The summed E-state index contributed by atoms with van der Waals surface area (Å²) in [5, 5.41) is 9.25. The molecule has 2 amide bonds. The van der Waals surface area contributed by atoms with Gasteiger partial charge >= 0.3 is 6.03 Å². The highest BCUT2D eigenvalue weighted by atomic mass is 35.5. The van der Waals surface area contributed by atoms with Crippen molar-refractivity contribution >= 4 is 35.1 Å². The lowest BCUT2D eigenvalue weighted by molar-refractivity contribution is 0.242. The zero-order valence-electron chi connectivity index (χ0n) is 14.4. The van der Waals surface area contributed by atoms with Gasteiger partial charge in [0.25, 0.3) is 0 Å². The average Bonchev–Trinajstić information content (AvgIpc) is 2.82. The molecule has 2 heterocycles. The van der Waals surface area contributed by atoms with Crippen LogP contribution in [0, 0.1) is 0 Å². The molecular formula is C19H22Cl2N4O. The number of fused-ring (bicyclic) bond motifs is 1. The van der Waals surface area contributed by atoms with Crippen LogP contribution in [0.15, 0.2) is 47.0 Å². The van der Waals surface area contributed by atoms with Gasteiger partial charge in [0.05, 0.1) is 5.38 Å². The second kappa shape index (κ2) is 9.10. The largest absolute Gasteiger partial charge is 0.370 e. The second-order valence-corrected chi connectivity index (χ2v) is 7.16. The third-order valence-corrected chi connectivity index (χ3v) is 5.12. The summed E-state index contributed by atoms with van der Waals surface area (Å²) >= 11 is 12.0. The number of amides is 2. The third kappa shape index (κ3) is 5.26. The van der Waals surface area contributed by atoms with Crippen LogP contribution in [0.25, 0.3) is 0 Å². The first-order chi connectivity index (χ1) is 12.6. The summed E-state index contributed by atoms with van der Waals surface area (Å²) < 4.78 is 0. The minimum atomic E-state index is -0.321. The molecule has 1 atom stereocenters. The average molecular weight is 393 g/mol. The van der Waals surface area contributed by atoms with E-state index in [1.54, 1.807) is 12.2 Å². The van der Waals surface area contributed by atoms with Crippen LogP contribution in [0.4, 0.5) is 10.6 Å². The highest BCUT2D eigenvalue weighted by Crippen LogP contribution is 2.20. The molecule has 26 heavy (non-hydrogen) atoms. The summed E-state index contributed by atoms with van der Waals surface area (Å²) in [4.78, 5) is 16.6. The van der Waals surface area contributed by atoms with Crippen molar-refractivity contribution in [2.45, 2.75) is 24.6 Å². The number of hydrogen-bond acceptors (Lipinski definition) is 3. The summed E-state index contributed by atoms with van der Waals surface area (Å²) in [5.74, 6) is 0.981. The minimum Gasteiger partial charge on any atom is -0.370 e. The lowest BCUT2D eigenvalue weighted by Crippen LogP contribution is -2.37. The van der Waals surface area contributed by atoms with E-state index in [2.05, 4.69) is 27.0 Å². The van der Waals surface area contributed by atoms with Crippen molar-refractivity contribution in [3.05, 3.63) is 58.3 Å². The fourth-order valence-corrected chi connectivity index (χ4v) is 3.09. The Morgan fingerprint density at radius 3 is 3.08 bits per heavy atom. The van der Waals surface area contributed by atoms with E-state index in [-0.39, 0.29) is 11.4 Å². The van der Waals surface area contributed by atoms with E-state index in [4.69, 9.17) is 23.2 Å². The zero-order chi connectivity index (χ0) is 18.4. The summed E-state index contributed by atoms with van der Waals surface area (Å²) in [6.45, 7) is 1.91. The van der Waals surface area contributed by atoms with Gasteiger partial charge in [-0.1, -0.05) is 35.9 Å². The molecule has 0 saturated carbocycles. The van der Waals surface area contributed by atoms with Crippen LogP contribution in [0.2, 0.25) is 0 Å². The number of pyridine rings is 1. The normalized spacial score (nSPS) is 18.8. The Labute approximate surface area is 163 Å². The number of urea groups is 1. The maximum atomic E-state index is 11.9. The summed E-state index contributed by atoms with van der Waals surface area (Å²) in [7, 11) is 0. The highest BCUT2D eigenvalue weighted by molar-refractivity contribution is 6.38. The zero-order valence-corrected chi connectivity index (χ0v) is 15.9. The van der Waals surface area contributed by atoms with Crippen LogP contribution >= 0.6 is 23.2 Å². The van der Waals surface area contributed by atoms with Gasteiger partial charge in [-0.15, -0.1) is 11.6 Å². The first-order valence-corrected chi connectivity index (χ1v) is 9.56. The standard InChI is InChI=1S/C19H22Cl2N4O/c20-16-7-3-13(4-8-17(16)21)12-24-19(26)23-11-9-15-6-5-14-2-1-10-22-18(14)25-15/h3-8,16H,1-2,9-12H2,(H,22,25)(H2,23,24,26). The molecule has 2 aliphatic rings. The van der Waals surface area contributed by atoms with Crippen molar-refractivity contribution in [3.63, 3.8) is 0 Å². The molecule has 0 fully saturated rings. The number of carbonyl (C=O) groups is 1. The number of aromatic nitrogens is 1. The number of rotatable bonds is 5. The van der Waals surface area contributed by atoms with Crippen molar-refractivity contribution in [2.75, 3.05) is 25.0 Å². The number of hydrogen-bond donors (Lipinski definition) is 3. The van der Waals surface area contributed by atoms with E-state index in [1.807, 2.05) is 18.2 Å². The molecule has 0 spiro atoms. The summed E-state index contributed by atoms with van der Waals surface area (Å²) in [5.41, 5.74) is 3.17. The van der Waals surface area contributed by atoms with E-state index >= 15 is 0 Å². The topological polar surface area (TPSA) is 66.0 Å². The van der Waals surface area contributed by atoms with E-state index in [9.17, 15) is 4.79 Å². The summed E-state index contributed by atoms with van der Waals surface area (Å²) in [6.07, 6.45) is 10.2. The number of allylic oxidation sites excluding steroid dienone is 4. The fourth-order valence-electron chi connectivity index (χ4n) is 2.81. The van der Waals surface area contributed by atoms with Gasteiger partial charge < -0.3 is 16.0 Å². The van der Waals surface area contributed by atoms with Crippen molar-refractivity contribution in [1.82, 2.24) is 15.6 Å². The fraction of sp³-hybridized carbons (Fsp3) is 0.368. The molecule has 1 unspecified atom stereocenters. The lowest BCUT2D eigenvalue weighted by Gasteiger charge is -2.17. The number of nitrogens with one attached hydrogen (secondary N) is 3. The van der Waals surface area contributed by atoms with Gasteiger partial charge in [-0.25, -0.2) is 9.78 Å². The number of carbonyl (C=O) groups excluding carboxylic acids is 1. The van der Waals surface area contributed by atoms with Crippen LogP contribution in [0.5, 0.6) is 0 Å². The van der Waals surface area contributed by atoms with Crippen LogP contribution in [0.3, 0.4) is 0 Å². The van der Waals surface area contributed by atoms with Gasteiger partial charge in [0.2, 0.25) is 0 Å². The van der Waals surface area contributed by atoms with Gasteiger partial charge in [-0.3, -0.25) is 0 Å². The van der Waals surface area contributed by atoms with Crippen LogP contribution < -0.4 is 16.0 Å². The first-order valence-electron chi connectivity index (χ1n) is 8.75. The van der Waals surface area contributed by atoms with Gasteiger partial charge in [0.15, 0.2) is 0 Å². The molecule has 0 aromatic carbocycles. The lowest BCUT2D eigenvalue weighted by atomic mass is 10.1. The molecular weight excluding hydrogens is 371 g/mol. The Morgan fingerprint density at radius 2 is 2.19 bits per heavy atom. The van der Waals surface area contributed by atoms with Crippen LogP contribution in [-0.4, -0.2) is 36.0 Å². The second-order valence-electron chi connectivity index (χ2n) is 6.25. The Kier molecular flexibility index (Phi) is 6.58. The molecule has 3 rings (SSSR count). The molecule has 1 aromatic rings. The van der Waals surface area contributed by atoms with E-state index in [0.29, 0.717) is 24.5 Å².